The van der Waals surface area contributed by atoms with Crippen molar-refractivity contribution < 1.29 is 23.5 Å². The standard InChI is InChI=1S/C23H31FN2O4/c1-13-17-12-23(3)14(2)20(30-22(28)26-8-6-16(24)7-9-26)19(29-5)11-15(23)10-18(17)25(4)21(13)27/h10-11,14,16,19-20H,6-9,12H2,1-5H3. The summed E-state index contributed by atoms with van der Waals surface area (Å²) >= 11 is 0. The molecular formula is C23H31FN2O4. The molecule has 4 rings (SSSR count). The van der Waals surface area contributed by atoms with E-state index >= 15 is 0 Å². The molecule has 0 aromatic carbocycles. The van der Waals surface area contributed by atoms with Crippen molar-refractivity contribution in [1.82, 2.24) is 9.80 Å². The quantitative estimate of drug-likeness (QED) is 0.688. The minimum absolute atomic E-state index is 0.0239. The van der Waals surface area contributed by atoms with Crippen molar-refractivity contribution in [3.05, 3.63) is 34.6 Å². The molecule has 4 aliphatic rings. The van der Waals surface area contributed by atoms with Crippen LogP contribution in [0.5, 0.6) is 0 Å². The van der Waals surface area contributed by atoms with E-state index in [4.69, 9.17) is 9.47 Å². The van der Waals surface area contributed by atoms with Crippen LogP contribution in [0.2, 0.25) is 0 Å². The van der Waals surface area contributed by atoms with E-state index in [1.807, 2.05) is 13.0 Å². The number of ether oxygens (including phenoxy) is 2. The Morgan fingerprint density at radius 3 is 2.60 bits per heavy atom. The van der Waals surface area contributed by atoms with E-state index in [9.17, 15) is 14.0 Å². The van der Waals surface area contributed by atoms with E-state index in [1.165, 1.54) is 0 Å². The van der Waals surface area contributed by atoms with Crippen LogP contribution in [0.25, 0.3) is 0 Å². The Labute approximate surface area is 177 Å². The highest BCUT2D eigenvalue weighted by Gasteiger charge is 2.51. The van der Waals surface area contributed by atoms with Crippen LogP contribution in [0.4, 0.5) is 9.18 Å². The average Bonchev–Trinajstić information content (AvgIpc) is 2.93. The van der Waals surface area contributed by atoms with Crippen molar-refractivity contribution in [2.24, 2.45) is 11.3 Å². The summed E-state index contributed by atoms with van der Waals surface area (Å²) in [5.41, 5.74) is 3.64. The molecule has 2 heterocycles. The van der Waals surface area contributed by atoms with E-state index in [1.54, 1.807) is 24.0 Å². The number of likely N-dealkylation sites (N-methyl/N-ethyl adjacent to an activating group) is 1. The second-order valence-corrected chi connectivity index (χ2v) is 9.21. The van der Waals surface area contributed by atoms with Crippen LogP contribution in [-0.4, -0.2) is 67.4 Å². The highest BCUT2D eigenvalue weighted by atomic mass is 19.1. The maximum atomic E-state index is 13.4. The zero-order valence-corrected chi connectivity index (χ0v) is 18.4. The molecule has 4 unspecified atom stereocenters. The number of rotatable bonds is 2. The zero-order chi connectivity index (χ0) is 21.8. The van der Waals surface area contributed by atoms with Crippen molar-refractivity contribution >= 4 is 12.0 Å². The Morgan fingerprint density at radius 1 is 1.30 bits per heavy atom. The molecule has 0 aromatic rings. The van der Waals surface area contributed by atoms with Crippen LogP contribution in [0.1, 0.15) is 40.0 Å². The van der Waals surface area contributed by atoms with Crippen molar-refractivity contribution in [3.63, 3.8) is 0 Å². The molecule has 0 N–H and O–H groups in total. The summed E-state index contributed by atoms with van der Waals surface area (Å²) in [6, 6.07) is 0. The van der Waals surface area contributed by atoms with E-state index in [2.05, 4.69) is 19.9 Å². The van der Waals surface area contributed by atoms with Gasteiger partial charge in [0.2, 0.25) is 0 Å². The first kappa shape index (κ1) is 21.1. The number of hydrogen-bond donors (Lipinski definition) is 0. The first-order valence-corrected chi connectivity index (χ1v) is 10.7. The van der Waals surface area contributed by atoms with Gasteiger partial charge in [0, 0.05) is 49.9 Å². The summed E-state index contributed by atoms with van der Waals surface area (Å²) < 4.78 is 25.1. The summed E-state index contributed by atoms with van der Waals surface area (Å²) in [6.45, 7) is 6.89. The van der Waals surface area contributed by atoms with Crippen LogP contribution in [0.3, 0.4) is 0 Å². The van der Waals surface area contributed by atoms with Gasteiger partial charge in [-0.2, -0.15) is 0 Å². The van der Waals surface area contributed by atoms with E-state index in [-0.39, 0.29) is 23.3 Å². The molecule has 0 saturated carbocycles. The molecular weight excluding hydrogens is 387 g/mol. The number of amides is 2. The number of piperidine rings is 1. The van der Waals surface area contributed by atoms with Gasteiger partial charge in [-0.1, -0.05) is 13.8 Å². The van der Waals surface area contributed by atoms with Gasteiger partial charge in [-0.3, -0.25) is 4.79 Å². The number of methoxy groups -OCH3 is 1. The lowest BCUT2D eigenvalue weighted by molar-refractivity contribution is -0.123. The minimum atomic E-state index is -0.842. The molecule has 2 aliphatic carbocycles. The van der Waals surface area contributed by atoms with Crippen LogP contribution in [0.15, 0.2) is 34.6 Å². The monoisotopic (exact) mass is 418 g/mol. The van der Waals surface area contributed by atoms with E-state index in [0.29, 0.717) is 32.4 Å². The van der Waals surface area contributed by atoms with Crippen molar-refractivity contribution in [2.45, 2.75) is 58.4 Å². The Bertz CT molecular complexity index is 855. The molecule has 7 heteroatoms. The topological polar surface area (TPSA) is 59.1 Å². The zero-order valence-electron chi connectivity index (χ0n) is 18.4. The number of carbonyl (C=O) groups is 2. The number of carbonyl (C=O) groups excluding carboxylic acids is 2. The van der Waals surface area contributed by atoms with E-state index < -0.39 is 18.4 Å². The molecule has 4 atom stereocenters. The summed E-state index contributed by atoms with van der Waals surface area (Å²) in [6.07, 6.45) is 3.46. The fourth-order valence-electron chi connectivity index (χ4n) is 5.25. The Balaban J connectivity index is 1.62. The van der Waals surface area contributed by atoms with Crippen molar-refractivity contribution in [3.8, 4) is 0 Å². The van der Waals surface area contributed by atoms with Gasteiger partial charge in [0.1, 0.15) is 18.4 Å². The Morgan fingerprint density at radius 2 is 1.97 bits per heavy atom. The number of alkyl halides is 1. The molecule has 1 fully saturated rings. The van der Waals surface area contributed by atoms with Crippen molar-refractivity contribution in [1.29, 1.82) is 0 Å². The number of allylic oxidation sites excluding steroid dienone is 3. The van der Waals surface area contributed by atoms with Crippen LogP contribution >= 0.6 is 0 Å². The SMILES string of the molecule is COC1C=C2C=C3C(=C(C)C(=O)N3C)CC2(C)C(C)C1OC(=O)N1CCC(F)CC1. The molecule has 0 radical (unpaired) electrons. The predicted molar refractivity (Wildman–Crippen MR) is 110 cm³/mol. The third kappa shape index (κ3) is 3.18. The lowest BCUT2D eigenvalue weighted by Crippen LogP contribution is -2.51. The largest absolute Gasteiger partial charge is 0.443 e. The lowest BCUT2D eigenvalue weighted by Gasteiger charge is -2.49. The Kier molecular flexibility index (Phi) is 5.29. The maximum Gasteiger partial charge on any atom is 0.410 e. The fraction of sp³-hybridized carbons (Fsp3) is 0.652. The predicted octanol–water partition coefficient (Wildman–Crippen LogP) is 3.60. The first-order chi connectivity index (χ1) is 14.2. The molecule has 0 aromatic heterocycles. The average molecular weight is 419 g/mol. The fourth-order valence-corrected chi connectivity index (χ4v) is 5.25. The lowest BCUT2D eigenvalue weighted by atomic mass is 9.59. The van der Waals surface area contributed by atoms with Crippen LogP contribution in [0, 0.1) is 11.3 Å². The molecule has 2 amide bonds. The van der Waals surface area contributed by atoms with Crippen molar-refractivity contribution in [2.75, 3.05) is 27.2 Å². The number of fused-ring (bicyclic) bond motifs is 2. The van der Waals surface area contributed by atoms with Gasteiger partial charge in [-0.05, 0) is 49.5 Å². The summed E-state index contributed by atoms with van der Waals surface area (Å²) in [5, 5.41) is 0. The number of likely N-dealkylation sites (tertiary alicyclic amines) is 1. The third-order valence-electron chi connectivity index (χ3n) is 7.60. The normalized spacial score (nSPS) is 34.5. The molecule has 2 aliphatic heterocycles. The summed E-state index contributed by atoms with van der Waals surface area (Å²) in [7, 11) is 3.42. The smallest absolute Gasteiger partial charge is 0.410 e. The maximum absolute atomic E-state index is 13.4. The summed E-state index contributed by atoms with van der Waals surface area (Å²) in [5.74, 6) is 0.0125. The van der Waals surface area contributed by atoms with Gasteiger partial charge < -0.3 is 19.3 Å². The van der Waals surface area contributed by atoms with Gasteiger partial charge in [0.05, 0.1) is 0 Å². The molecule has 1 saturated heterocycles. The third-order valence-corrected chi connectivity index (χ3v) is 7.60. The van der Waals surface area contributed by atoms with Gasteiger partial charge in [-0.15, -0.1) is 0 Å². The molecule has 0 bridgehead atoms. The second kappa shape index (κ2) is 7.52. The molecule has 164 valence electrons. The highest BCUT2D eigenvalue weighted by molar-refractivity contribution is 6.00. The van der Waals surface area contributed by atoms with Gasteiger partial charge in [0.25, 0.3) is 5.91 Å². The van der Waals surface area contributed by atoms with E-state index in [0.717, 1.165) is 22.4 Å². The second-order valence-electron chi connectivity index (χ2n) is 9.21. The van der Waals surface area contributed by atoms with Gasteiger partial charge in [0.15, 0.2) is 0 Å². The highest BCUT2D eigenvalue weighted by Crippen LogP contribution is 2.54. The van der Waals surface area contributed by atoms with Gasteiger partial charge >= 0.3 is 6.09 Å². The molecule has 0 spiro atoms. The molecule has 30 heavy (non-hydrogen) atoms. The Hall–Kier alpha value is -2.15. The number of halogens is 1. The van der Waals surface area contributed by atoms with Crippen LogP contribution in [-0.2, 0) is 14.3 Å². The van der Waals surface area contributed by atoms with Crippen LogP contribution < -0.4 is 0 Å². The molecule has 6 nitrogen and oxygen atoms in total. The number of hydrogen-bond acceptors (Lipinski definition) is 4. The summed E-state index contributed by atoms with van der Waals surface area (Å²) in [4.78, 5) is 28.6. The minimum Gasteiger partial charge on any atom is -0.443 e. The number of nitrogens with zero attached hydrogens (tertiary/aromatic N) is 2. The first-order valence-electron chi connectivity index (χ1n) is 10.7. The van der Waals surface area contributed by atoms with Gasteiger partial charge in [-0.25, -0.2) is 9.18 Å².